The first-order valence-corrected chi connectivity index (χ1v) is 6.26. The third kappa shape index (κ3) is 3.25. The van der Waals surface area contributed by atoms with Gasteiger partial charge in [-0.2, -0.15) is 0 Å². The molecule has 0 aliphatic heterocycles. The van der Waals surface area contributed by atoms with Crippen LogP contribution in [-0.4, -0.2) is 5.11 Å². The second-order valence-corrected chi connectivity index (χ2v) is 4.79. The number of benzene rings is 2. The monoisotopic (exact) mass is 280 g/mol. The van der Waals surface area contributed by atoms with E-state index in [9.17, 15) is 9.50 Å². The third-order valence-corrected chi connectivity index (χ3v) is 3.10. The Morgan fingerprint density at radius 3 is 2.53 bits per heavy atom. The molecule has 0 spiro atoms. The molecule has 0 amide bonds. The zero-order valence-corrected chi connectivity index (χ0v) is 11.4. The molecule has 0 saturated heterocycles. The molecule has 1 N–H and O–H groups in total. The SMILES string of the molecule is Cc1ccc(Oc2ccc(C(C)O)cc2Cl)cc1F. The summed E-state index contributed by atoms with van der Waals surface area (Å²) in [5.74, 6) is 0.485. The van der Waals surface area contributed by atoms with E-state index >= 15 is 0 Å². The summed E-state index contributed by atoms with van der Waals surface area (Å²) in [6, 6.07) is 9.64. The van der Waals surface area contributed by atoms with Gasteiger partial charge in [-0.3, -0.25) is 0 Å². The first-order chi connectivity index (χ1) is 8.97. The van der Waals surface area contributed by atoms with E-state index in [2.05, 4.69) is 0 Å². The minimum absolute atomic E-state index is 0.325. The zero-order chi connectivity index (χ0) is 14.0. The highest BCUT2D eigenvalue weighted by Crippen LogP contribution is 2.32. The van der Waals surface area contributed by atoms with Crippen molar-refractivity contribution in [3.05, 3.63) is 58.4 Å². The Bertz CT molecular complexity index is 597. The van der Waals surface area contributed by atoms with Gasteiger partial charge in [-0.05, 0) is 43.2 Å². The molecule has 2 nitrogen and oxygen atoms in total. The topological polar surface area (TPSA) is 29.5 Å². The quantitative estimate of drug-likeness (QED) is 0.888. The highest BCUT2D eigenvalue weighted by molar-refractivity contribution is 6.32. The Labute approximate surface area is 116 Å². The van der Waals surface area contributed by atoms with Crippen molar-refractivity contribution < 1.29 is 14.2 Å². The summed E-state index contributed by atoms with van der Waals surface area (Å²) in [6.45, 7) is 3.34. The predicted molar refractivity (Wildman–Crippen MR) is 73.3 cm³/mol. The number of aryl methyl sites for hydroxylation is 1. The molecule has 19 heavy (non-hydrogen) atoms. The summed E-state index contributed by atoms with van der Waals surface area (Å²) < 4.78 is 18.9. The summed E-state index contributed by atoms with van der Waals surface area (Å²) in [7, 11) is 0. The number of hydrogen-bond donors (Lipinski definition) is 1. The first-order valence-electron chi connectivity index (χ1n) is 5.89. The fraction of sp³-hybridized carbons (Fsp3) is 0.200. The van der Waals surface area contributed by atoms with Gasteiger partial charge in [-0.15, -0.1) is 0 Å². The van der Waals surface area contributed by atoms with Crippen LogP contribution in [0.2, 0.25) is 5.02 Å². The van der Waals surface area contributed by atoms with Crippen molar-refractivity contribution in [2.24, 2.45) is 0 Å². The number of rotatable bonds is 3. The van der Waals surface area contributed by atoms with E-state index in [1.807, 2.05) is 0 Å². The van der Waals surface area contributed by atoms with E-state index in [1.165, 1.54) is 6.07 Å². The molecule has 0 fully saturated rings. The second-order valence-electron chi connectivity index (χ2n) is 4.38. The van der Waals surface area contributed by atoms with Crippen LogP contribution in [0.3, 0.4) is 0 Å². The van der Waals surface area contributed by atoms with Crippen molar-refractivity contribution in [1.82, 2.24) is 0 Å². The van der Waals surface area contributed by atoms with Gasteiger partial charge in [0, 0.05) is 6.07 Å². The van der Waals surface area contributed by atoms with Gasteiger partial charge in [-0.1, -0.05) is 23.7 Å². The Morgan fingerprint density at radius 2 is 1.95 bits per heavy atom. The van der Waals surface area contributed by atoms with Crippen LogP contribution in [0, 0.1) is 12.7 Å². The number of halogens is 2. The maximum atomic E-state index is 13.4. The minimum atomic E-state index is -0.594. The van der Waals surface area contributed by atoms with Crippen LogP contribution >= 0.6 is 11.6 Å². The van der Waals surface area contributed by atoms with Crippen molar-refractivity contribution in [3.8, 4) is 11.5 Å². The lowest BCUT2D eigenvalue weighted by molar-refractivity contribution is 0.199. The summed E-state index contributed by atoms with van der Waals surface area (Å²) >= 11 is 6.06. The van der Waals surface area contributed by atoms with Crippen LogP contribution in [0.1, 0.15) is 24.2 Å². The van der Waals surface area contributed by atoms with E-state index in [0.29, 0.717) is 27.6 Å². The van der Waals surface area contributed by atoms with Crippen LogP contribution < -0.4 is 4.74 Å². The standard InChI is InChI=1S/C15H14ClFO2/c1-9-3-5-12(8-14(9)17)19-15-6-4-11(10(2)18)7-13(15)16/h3-8,10,18H,1-2H3. The van der Waals surface area contributed by atoms with E-state index < -0.39 is 6.10 Å². The van der Waals surface area contributed by atoms with E-state index in [0.717, 1.165) is 0 Å². The van der Waals surface area contributed by atoms with Crippen LogP contribution in [-0.2, 0) is 0 Å². The summed E-state index contributed by atoms with van der Waals surface area (Å²) in [4.78, 5) is 0. The highest BCUT2D eigenvalue weighted by Gasteiger charge is 2.08. The average Bonchev–Trinajstić information content (AvgIpc) is 2.36. The Balaban J connectivity index is 2.25. The summed E-state index contributed by atoms with van der Waals surface area (Å²) in [6.07, 6.45) is -0.594. The van der Waals surface area contributed by atoms with Gasteiger partial charge >= 0.3 is 0 Å². The molecular weight excluding hydrogens is 267 g/mol. The molecule has 2 aromatic carbocycles. The van der Waals surface area contributed by atoms with Crippen molar-refractivity contribution in [2.45, 2.75) is 20.0 Å². The second kappa shape index (κ2) is 5.59. The van der Waals surface area contributed by atoms with Gasteiger partial charge in [0.2, 0.25) is 0 Å². The van der Waals surface area contributed by atoms with Crippen molar-refractivity contribution in [3.63, 3.8) is 0 Å². The Hall–Kier alpha value is -1.58. The molecule has 0 radical (unpaired) electrons. The molecule has 0 saturated carbocycles. The normalized spacial score (nSPS) is 12.3. The van der Waals surface area contributed by atoms with Gasteiger partial charge < -0.3 is 9.84 Å². The van der Waals surface area contributed by atoms with E-state index in [4.69, 9.17) is 16.3 Å². The lowest BCUT2D eigenvalue weighted by Gasteiger charge is -2.11. The van der Waals surface area contributed by atoms with E-state index in [1.54, 1.807) is 44.2 Å². The zero-order valence-electron chi connectivity index (χ0n) is 10.7. The fourth-order valence-electron chi connectivity index (χ4n) is 1.62. The minimum Gasteiger partial charge on any atom is -0.456 e. The molecule has 2 aromatic rings. The van der Waals surface area contributed by atoms with Gasteiger partial charge in [0.25, 0.3) is 0 Å². The number of aliphatic hydroxyl groups excluding tert-OH is 1. The van der Waals surface area contributed by atoms with Crippen LogP contribution in [0.15, 0.2) is 36.4 Å². The summed E-state index contributed by atoms with van der Waals surface area (Å²) in [5.41, 5.74) is 1.26. The van der Waals surface area contributed by atoms with Gasteiger partial charge in [0.15, 0.2) is 0 Å². The van der Waals surface area contributed by atoms with Gasteiger partial charge in [-0.25, -0.2) is 4.39 Å². The molecular formula is C15H14ClFO2. The Kier molecular flexibility index (Phi) is 4.08. The lowest BCUT2D eigenvalue weighted by Crippen LogP contribution is -1.93. The number of hydrogen-bond acceptors (Lipinski definition) is 2. The molecule has 0 aliphatic carbocycles. The smallest absolute Gasteiger partial charge is 0.146 e. The maximum absolute atomic E-state index is 13.4. The molecule has 1 unspecified atom stereocenters. The first kappa shape index (κ1) is 13.8. The fourth-order valence-corrected chi connectivity index (χ4v) is 1.85. The molecule has 0 aromatic heterocycles. The molecule has 0 aliphatic rings. The van der Waals surface area contributed by atoms with Crippen molar-refractivity contribution in [1.29, 1.82) is 0 Å². The summed E-state index contributed by atoms with van der Waals surface area (Å²) in [5, 5.41) is 9.82. The van der Waals surface area contributed by atoms with Gasteiger partial charge in [0.05, 0.1) is 11.1 Å². The largest absolute Gasteiger partial charge is 0.456 e. The van der Waals surface area contributed by atoms with Crippen LogP contribution in [0.4, 0.5) is 4.39 Å². The molecule has 1 atom stereocenters. The molecule has 100 valence electrons. The average molecular weight is 281 g/mol. The third-order valence-electron chi connectivity index (χ3n) is 2.81. The van der Waals surface area contributed by atoms with Crippen molar-refractivity contribution in [2.75, 3.05) is 0 Å². The predicted octanol–water partition coefficient (Wildman–Crippen LogP) is 4.63. The number of aliphatic hydroxyl groups is 1. The van der Waals surface area contributed by atoms with Crippen molar-refractivity contribution >= 4 is 11.6 Å². The van der Waals surface area contributed by atoms with Crippen LogP contribution in [0.5, 0.6) is 11.5 Å². The van der Waals surface area contributed by atoms with Crippen LogP contribution in [0.25, 0.3) is 0 Å². The molecule has 0 heterocycles. The molecule has 2 rings (SSSR count). The van der Waals surface area contributed by atoms with Gasteiger partial charge in [0.1, 0.15) is 17.3 Å². The highest BCUT2D eigenvalue weighted by atomic mass is 35.5. The lowest BCUT2D eigenvalue weighted by atomic mass is 10.1. The molecule has 4 heteroatoms. The maximum Gasteiger partial charge on any atom is 0.146 e. The van der Waals surface area contributed by atoms with E-state index in [-0.39, 0.29) is 5.82 Å². The molecule has 0 bridgehead atoms. The Morgan fingerprint density at radius 1 is 1.21 bits per heavy atom. The number of ether oxygens (including phenoxy) is 1.